The molecule has 2 bridgehead atoms. The van der Waals surface area contributed by atoms with Crippen LogP contribution in [0, 0.1) is 17.8 Å². The third-order valence-electron chi connectivity index (χ3n) is 3.91. The minimum atomic E-state index is -0.522. The molecule has 0 heterocycles. The topological polar surface area (TPSA) is 52.5 Å². The summed E-state index contributed by atoms with van der Waals surface area (Å²) >= 11 is 0. The van der Waals surface area contributed by atoms with E-state index in [1.165, 1.54) is 12.8 Å². The average Bonchev–Trinajstić information content (AvgIpc) is 2.87. The largest absolute Gasteiger partial charge is 0.394 e. The second kappa shape index (κ2) is 4.24. The van der Waals surface area contributed by atoms with E-state index < -0.39 is 5.54 Å². The van der Waals surface area contributed by atoms with Crippen molar-refractivity contribution in [2.45, 2.75) is 25.3 Å². The van der Waals surface area contributed by atoms with Gasteiger partial charge in [-0.15, -0.1) is 0 Å². The Morgan fingerprint density at radius 1 is 1.27 bits per heavy atom. The molecule has 2 aliphatic carbocycles. The van der Waals surface area contributed by atoms with Crippen LogP contribution in [0.4, 0.5) is 0 Å². The molecule has 0 radical (unpaired) electrons. The summed E-state index contributed by atoms with van der Waals surface area (Å²) in [5.74, 6) is 2.21. The molecule has 0 aromatic heterocycles. The Balaban J connectivity index is 1.81. The van der Waals surface area contributed by atoms with E-state index in [4.69, 9.17) is 10.2 Å². The van der Waals surface area contributed by atoms with Gasteiger partial charge in [-0.2, -0.15) is 0 Å². The molecule has 0 amide bonds. The molecule has 15 heavy (non-hydrogen) atoms. The number of fused-ring (bicyclic) bond motifs is 2. The molecule has 0 aliphatic heterocycles. The van der Waals surface area contributed by atoms with Crippen molar-refractivity contribution in [1.29, 1.82) is 0 Å². The molecule has 0 unspecified atom stereocenters. The highest BCUT2D eigenvalue weighted by atomic mass is 16.3. The van der Waals surface area contributed by atoms with Crippen molar-refractivity contribution in [2.24, 2.45) is 17.8 Å². The molecule has 2 aliphatic rings. The lowest BCUT2D eigenvalue weighted by molar-refractivity contribution is 0.0991. The van der Waals surface area contributed by atoms with Crippen LogP contribution in [0.2, 0.25) is 0 Å². The fourth-order valence-electron chi connectivity index (χ4n) is 2.67. The van der Waals surface area contributed by atoms with Crippen LogP contribution in [-0.2, 0) is 0 Å². The molecular formula is C12H21NO2. The summed E-state index contributed by atoms with van der Waals surface area (Å²) in [6, 6.07) is 0. The van der Waals surface area contributed by atoms with Crippen LogP contribution >= 0.6 is 0 Å². The van der Waals surface area contributed by atoms with Crippen LogP contribution in [0.1, 0.15) is 19.8 Å². The van der Waals surface area contributed by atoms with Gasteiger partial charge in [0.2, 0.25) is 0 Å². The SMILES string of the molecule is CC(CO)(CO)NC[C@H]1C[C@H]2C=C[C@H]1C2. The molecule has 2 rings (SSSR count). The predicted octanol–water partition coefficient (Wildman–Crippen LogP) is 0.531. The first kappa shape index (κ1) is 11.1. The monoisotopic (exact) mass is 211 g/mol. The van der Waals surface area contributed by atoms with Gasteiger partial charge in [-0.05, 0) is 44.1 Å². The Morgan fingerprint density at radius 3 is 2.47 bits per heavy atom. The van der Waals surface area contributed by atoms with E-state index in [2.05, 4.69) is 17.5 Å². The zero-order valence-corrected chi connectivity index (χ0v) is 9.32. The summed E-state index contributed by atoms with van der Waals surface area (Å²) < 4.78 is 0. The molecule has 1 fully saturated rings. The lowest BCUT2D eigenvalue weighted by Gasteiger charge is -2.29. The number of rotatable bonds is 5. The summed E-state index contributed by atoms with van der Waals surface area (Å²) in [6.45, 7) is 2.74. The van der Waals surface area contributed by atoms with Crippen molar-refractivity contribution in [3.05, 3.63) is 12.2 Å². The molecule has 0 saturated heterocycles. The van der Waals surface area contributed by atoms with Crippen molar-refractivity contribution in [3.63, 3.8) is 0 Å². The van der Waals surface area contributed by atoms with Gasteiger partial charge in [0.25, 0.3) is 0 Å². The van der Waals surface area contributed by atoms with E-state index in [0.717, 1.165) is 18.4 Å². The lowest BCUT2D eigenvalue weighted by Crippen LogP contribution is -2.50. The minimum Gasteiger partial charge on any atom is -0.394 e. The van der Waals surface area contributed by atoms with Gasteiger partial charge in [0.1, 0.15) is 0 Å². The fourth-order valence-corrected chi connectivity index (χ4v) is 2.67. The van der Waals surface area contributed by atoms with Crippen LogP contribution in [-0.4, -0.2) is 35.5 Å². The molecule has 0 spiro atoms. The van der Waals surface area contributed by atoms with Crippen molar-refractivity contribution >= 4 is 0 Å². The number of hydrogen-bond donors (Lipinski definition) is 3. The van der Waals surface area contributed by atoms with Gasteiger partial charge in [0.05, 0.1) is 18.8 Å². The first-order valence-electron chi connectivity index (χ1n) is 5.82. The zero-order valence-electron chi connectivity index (χ0n) is 9.32. The van der Waals surface area contributed by atoms with Crippen LogP contribution in [0.3, 0.4) is 0 Å². The Kier molecular flexibility index (Phi) is 3.14. The molecule has 3 atom stereocenters. The van der Waals surface area contributed by atoms with Gasteiger partial charge in [-0.25, -0.2) is 0 Å². The summed E-state index contributed by atoms with van der Waals surface area (Å²) in [5, 5.41) is 21.6. The Labute approximate surface area is 91.2 Å². The summed E-state index contributed by atoms with van der Waals surface area (Å²) in [5.41, 5.74) is -0.522. The smallest absolute Gasteiger partial charge is 0.0633 e. The standard InChI is InChI=1S/C12H21NO2/c1-12(7-14,8-15)13-6-11-5-9-2-3-10(11)4-9/h2-3,9-11,13-15H,4-8H2,1H3/t9-,10-,11+/m0/s1. The zero-order chi connectivity index (χ0) is 10.9. The van der Waals surface area contributed by atoms with Gasteiger partial charge < -0.3 is 15.5 Å². The van der Waals surface area contributed by atoms with E-state index in [9.17, 15) is 0 Å². The van der Waals surface area contributed by atoms with Crippen molar-refractivity contribution in [3.8, 4) is 0 Å². The van der Waals surface area contributed by atoms with E-state index in [-0.39, 0.29) is 13.2 Å². The lowest BCUT2D eigenvalue weighted by atomic mass is 9.92. The quantitative estimate of drug-likeness (QED) is 0.582. The van der Waals surface area contributed by atoms with Gasteiger partial charge >= 0.3 is 0 Å². The molecule has 3 heteroatoms. The highest BCUT2D eigenvalue weighted by Gasteiger charge is 2.36. The van der Waals surface area contributed by atoms with Crippen LogP contribution in [0.25, 0.3) is 0 Å². The van der Waals surface area contributed by atoms with E-state index in [1.54, 1.807) is 0 Å². The Bertz CT molecular complexity index is 248. The first-order valence-corrected chi connectivity index (χ1v) is 5.82. The number of allylic oxidation sites excluding steroid dienone is 2. The van der Waals surface area contributed by atoms with Gasteiger partial charge in [-0.3, -0.25) is 0 Å². The Morgan fingerprint density at radius 2 is 2.00 bits per heavy atom. The van der Waals surface area contributed by atoms with Crippen molar-refractivity contribution < 1.29 is 10.2 Å². The molecule has 3 nitrogen and oxygen atoms in total. The molecule has 3 N–H and O–H groups in total. The van der Waals surface area contributed by atoms with Crippen molar-refractivity contribution in [2.75, 3.05) is 19.8 Å². The first-order chi connectivity index (χ1) is 7.17. The summed E-state index contributed by atoms with van der Waals surface area (Å²) in [4.78, 5) is 0. The van der Waals surface area contributed by atoms with Crippen LogP contribution in [0.5, 0.6) is 0 Å². The predicted molar refractivity (Wildman–Crippen MR) is 59.4 cm³/mol. The maximum absolute atomic E-state index is 9.15. The second-order valence-corrected chi connectivity index (χ2v) is 5.30. The van der Waals surface area contributed by atoms with Gasteiger partial charge in [0, 0.05) is 0 Å². The van der Waals surface area contributed by atoms with Crippen LogP contribution in [0.15, 0.2) is 12.2 Å². The number of hydrogen-bond acceptors (Lipinski definition) is 3. The van der Waals surface area contributed by atoms with Crippen LogP contribution < -0.4 is 5.32 Å². The maximum atomic E-state index is 9.15. The molecule has 1 saturated carbocycles. The number of aliphatic hydroxyl groups excluding tert-OH is 2. The molecule has 0 aromatic carbocycles. The third-order valence-corrected chi connectivity index (χ3v) is 3.91. The van der Waals surface area contributed by atoms with E-state index >= 15 is 0 Å². The molecule has 86 valence electrons. The van der Waals surface area contributed by atoms with Crippen molar-refractivity contribution in [1.82, 2.24) is 5.32 Å². The average molecular weight is 211 g/mol. The second-order valence-electron chi connectivity index (χ2n) is 5.30. The number of nitrogens with one attached hydrogen (secondary N) is 1. The normalized spacial score (nSPS) is 33.9. The van der Waals surface area contributed by atoms with Gasteiger partial charge in [0.15, 0.2) is 0 Å². The fraction of sp³-hybridized carbons (Fsp3) is 0.833. The number of aliphatic hydroxyl groups is 2. The minimum absolute atomic E-state index is 0.0137. The maximum Gasteiger partial charge on any atom is 0.0633 e. The van der Waals surface area contributed by atoms with Gasteiger partial charge in [-0.1, -0.05) is 12.2 Å². The molecular weight excluding hydrogens is 190 g/mol. The van der Waals surface area contributed by atoms with E-state index in [0.29, 0.717) is 5.92 Å². The highest BCUT2D eigenvalue weighted by molar-refractivity contribution is 5.10. The Hall–Kier alpha value is -0.380. The van der Waals surface area contributed by atoms with E-state index in [1.807, 2.05) is 6.92 Å². The summed E-state index contributed by atoms with van der Waals surface area (Å²) in [7, 11) is 0. The summed E-state index contributed by atoms with van der Waals surface area (Å²) in [6.07, 6.45) is 7.23. The molecule has 0 aromatic rings. The third kappa shape index (κ3) is 2.25. The highest BCUT2D eigenvalue weighted by Crippen LogP contribution is 2.43.